The van der Waals surface area contributed by atoms with Crippen LogP contribution in [0.5, 0.6) is 0 Å². The maximum absolute atomic E-state index is 13.1. The zero-order valence-electron chi connectivity index (χ0n) is 10.6. The Hall–Kier alpha value is -2.41. The van der Waals surface area contributed by atoms with Crippen LogP contribution in [0, 0.1) is 11.6 Å². The Morgan fingerprint density at radius 1 is 0.952 bits per heavy atom. The Bertz CT molecular complexity index is 899. The Morgan fingerprint density at radius 2 is 1.67 bits per heavy atom. The molecule has 1 heterocycles. The first-order chi connectivity index (χ1) is 9.94. The number of anilines is 1. The van der Waals surface area contributed by atoms with E-state index in [9.17, 15) is 17.2 Å². The molecule has 0 fully saturated rings. The van der Waals surface area contributed by atoms with E-state index < -0.39 is 26.6 Å². The van der Waals surface area contributed by atoms with Crippen LogP contribution in [0.2, 0.25) is 0 Å². The van der Waals surface area contributed by atoms with Gasteiger partial charge in [0.25, 0.3) is 10.0 Å². The fraction of sp³-hybridized carbons (Fsp3) is 0. The fourth-order valence-electron chi connectivity index (χ4n) is 2.01. The van der Waals surface area contributed by atoms with Crippen LogP contribution in [0.4, 0.5) is 14.5 Å². The van der Waals surface area contributed by atoms with E-state index in [0.29, 0.717) is 11.8 Å². The van der Waals surface area contributed by atoms with Gasteiger partial charge in [-0.1, -0.05) is 0 Å². The first-order valence-corrected chi connectivity index (χ1v) is 7.48. The average Bonchev–Trinajstić information content (AvgIpc) is 2.84. The number of hydrogen-bond donors (Lipinski definition) is 2. The molecule has 0 saturated carbocycles. The lowest BCUT2D eigenvalue weighted by molar-refractivity contribution is 0.568. The van der Waals surface area contributed by atoms with Crippen molar-refractivity contribution in [3.05, 3.63) is 60.3 Å². The van der Waals surface area contributed by atoms with Crippen LogP contribution in [0.1, 0.15) is 0 Å². The second kappa shape index (κ2) is 4.85. The molecule has 0 amide bonds. The maximum Gasteiger partial charge on any atom is 0.262 e. The maximum atomic E-state index is 13.1. The molecule has 3 aromatic rings. The summed E-state index contributed by atoms with van der Waals surface area (Å²) in [5, 5.41) is 0.820. The lowest BCUT2D eigenvalue weighted by atomic mass is 10.2. The minimum atomic E-state index is -4.05. The van der Waals surface area contributed by atoms with Gasteiger partial charge in [-0.05, 0) is 36.4 Å². The van der Waals surface area contributed by atoms with E-state index in [0.717, 1.165) is 23.0 Å². The monoisotopic (exact) mass is 308 g/mol. The van der Waals surface area contributed by atoms with Crippen molar-refractivity contribution in [2.75, 3.05) is 4.72 Å². The number of nitrogens with one attached hydrogen (secondary N) is 2. The largest absolute Gasteiger partial charge is 0.361 e. The minimum Gasteiger partial charge on any atom is -0.361 e. The van der Waals surface area contributed by atoms with Crippen LogP contribution < -0.4 is 4.72 Å². The number of H-pyrrole nitrogens is 1. The van der Waals surface area contributed by atoms with Crippen LogP contribution in [-0.2, 0) is 10.0 Å². The highest BCUT2D eigenvalue weighted by atomic mass is 32.2. The number of aromatic amines is 1. The minimum absolute atomic E-state index is 0.312. The van der Waals surface area contributed by atoms with Gasteiger partial charge in [-0.25, -0.2) is 17.2 Å². The second-order valence-electron chi connectivity index (χ2n) is 4.49. The number of aromatic nitrogens is 1. The number of rotatable bonds is 3. The molecule has 0 aliphatic carbocycles. The zero-order valence-corrected chi connectivity index (χ0v) is 11.4. The number of hydrogen-bond acceptors (Lipinski definition) is 2. The molecule has 21 heavy (non-hydrogen) atoms. The molecule has 0 aliphatic rings. The second-order valence-corrected chi connectivity index (χ2v) is 6.17. The van der Waals surface area contributed by atoms with Crippen molar-refractivity contribution in [1.29, 1.82) is 0 Å². The van der Waals surface area contributed by atoms with Crippen molar-refractivity contribution < 1.29 is 17.2 Å². The lowest BCUT2D eigenvalue weighted by Crippen LogP contribution is -2.13. The van der Waals surface area contributed by atoms with E-state index >= 15 is 0 Å². The molecule has 1 aromatic heterocycles. The van der Waals surface area contributed by atoms with E-state index in [4.69, 9.17) is 0 Å². The number of benzene rings is 2. The van der Waals surface area contributed by atoms with E-state index in [1.165, 1.54) is 0 Å². The topological polar surface area (TPSA) is 62.0 Å². The Morgan fingerprint density at radius 3 is 2.38 bits per heavy atom. The summed E-state index contributed by atoms with van der Waals surface area (Å²) >= 11 is 0. The highest BCUT2D eigenvalue weighted by molar-refractivity contribution is 7.92. The zero-order chi connectivity index (χ0) is 15.0. The summed E-state index contributed by atoms with van der Waals surface area (Å²) in [7, 11) is -4.05. The average molecular weight is 308 g/mol. The van der Waals surface area contributed by atoms with Gasteiger partial charge >= 0.3 is 0 Å². The van der Waals surface area contributed by atoms with Crippen LogP contribution >= 0.6 is 0 Å². The molecular weight excluding hydrogens is 298 g/mol. The molecule has 0 unspecified atom stereocenters. The predicted octanol–water partition coefficient (Wildman–Crippen LogP) is 3.25. The van der Waals surface area contributed by atoms with E-state index in [2.05, 4.69) is 9.71 Å². The van der Waals surface area contributed by atoms with Gasteiger partial charge in [0.2, 0.25) is 0 Å². The van der Waals surface area contributed by atoms with Gasteiger partial charge in [-0.15, -0.1) is 0 Å². The number of sulfonamides is 1. The van der Waals surface area contributed by atoms with Gasteiger partial charge in [-0.3, -0.25) is 4.72 Å². The first kappa shape index (κ1) is 13.6. The number of fused-ring (bicyclic) bond motifs is 1. The third kappa shape index (κ3) is 2.73. The highest BCUT2D eigenvalue weighted by Gasteiger charge is 2.16. The molecule has 4 nitrogen and oxygen atoms in total. The first-order valence-electron chi connectivity index (χ1n) is 6.00. The van der Waals surface area contributed by atoms with Gasteiger partial charge in [0.05, 0.1) is 4.90 Å². The summed E-state index contributed by atoms with van der Waals surface area (Å²) < 4.78 is 52.8. The smallest absolute Gasteiger partial charge is 0.262 e. The molecule has 7 heteroatoms. The van der Waals surface area contributed by atoms with Crippen molar-refractivity contribution in [2.45, 2.75) is 4.90 Å². The van der Waals surface area contributed by atoms with Crippen molar-refractivity contribution in [2.24, 2.45) is 0 Å². The lowest BCUT2D eigenvalue weighted by Gasteiger charge is -2.08. The fourth-order valence-corrected chi connectivity index (χ4v) is 3.11. The summed E-state index contributed by atoms with van der Waals surface area (Å²) in [6, 6.07) is 8.82. The Balaban J connectivity index is 1.98. The summed E-state index contributed by atoms with van der Waals surface area (Å²) in [5.41, 5.74) is 1.17. The molecule has 0 bridgehead atoms. The predicted molar refractivity (Wildman–Crippen MR) is 75.5 cm³/mol. The molecule has 0 spiro atoms. The van der Waals surface area contributed by atoms with Gasteiger partial charge in [0.1, 0.15) is 11.6 Å². The quantitative estimate of drug-likeness (QED) is 0.780. The van der Waals surface area contributed by atoms with Crippen molar-refractivity contribution in [3.8, 4) is 0 Å². The molecule has 0 radical (unpaired) electrons. The molecule has 0 aliphatic heterocycles. The van der Waals surface area contributed by atoms with Gasteiger partial charge in [0, 0.05) is 28.9 Å². The van der Waals surface area contributed by atoms with E-state index in [1.54, 1.807) is 30.5 Å². The third-order valence-corrected chi connectivity index (χ3v) is 4.31. The molecular formula is C14H10F2N2O2S. The molecule has 0 atom stereocenters. The molecule has 2 aromatic carbocycles. The molecule has 3 rings (SSSR count). The van der Waals surface area contributed by atoms with Crippen molar-refractivity contribution in [1.82, 2.24) is 4.98 Å². The van der Waals surface area contributed by atoms with Gasteiger partial charge < -0.3 is 4.98 Å². The summed E-state index contributed by atoms with van der Waals surface area (Å²) in [4.78, 5) is 2.52. The van der Waals surface area contributed by atoms with E-state index in [1.807, 2.05) is 0 Å². The number of halogens is 2. The highest BCUT2D eigenvalue weighted by Crippen LogP contribution is 2.22. The van der Waals surface area contributed by atoms with Gasteiger partial charge in [0.15, 0.2) is 0 Å². The molecule has 2 N–H and O–H groups in total. The van der Waals surface area contributed by atoms with Crippen LogP contribution in [0.15, 0.2) is 53.6 Å². The van der Waals surface area contributed by atoms with Crippen LogP contribution in [-0.4, -0.2) is 13.4 Å². The van der Waals surface area contributed by atoms with Crippen LogP contribution in [0.3, 0.4) is 0 Å². The summed E-state index contributed by atoms with van der Waals surface area (Å²) in [6.07, 6.45) is 1.73. The summed E-state index contributed by atoms with van der Waals surface area (Å²) in [6.45, 7) is 0. The normalized spacial score (nSPS) is 11.7. The van der Waals surface area contributed by atoms with Gasteiger partial charge in [-0.2, -0.15) is 0 Å². The van der Waals surface area contributed by atoms with E-state index in [-0.39, 0.29) is 0 Å². The molecule has 108 valence electrons. The third-order valence-electron chi connectivity index (χ3n) is 2.95. The SMILES string of the molecule is O=S(=O)(Nc1ccc2[nH]ccc2c1)c1cc(F)cc(F)c1. The Kier molecular flexibility index (Phi) is 3.13. The Labute approximate surface area is 119 Å². The molecule has 0 saturated heterocycles. The summed E-state index contributed by atoms with van der Waals surface area (Å²) in [5.74, 6) is -1.90. The standard InChI is InChI=1S/C14H10F2N2O2S/c15-10-6-11(16)8-13(7-10)21(19,20)18-12-1-2-14-9(5-12)3-4-17-14/h1-8,17-18H. The van der Waals surface area contributed by atoms with Crippen LogP contribution in [0.25, 0.3) is 10.9 Å². The van der Waals surface area contributed by atoms with Crippen molar-refractivity contribution >= 4 is 26.6 Å². The van der Waals surface area contributed by atoms with Crippen molar-refractivity contribution in [3.63, 3.8) is 0 Å².